The first-order chi connectivity index (χ1) is 7.07. The summed E-state index contributed by atoms with van der Waals surface area (Å²) in [4.78, 5) is 1.98. The van der Waals surface area contributed by atoms with Crippen molar-refractivity contribution < 1.29 is 12.8 Å². The Labute approximate surface area is 88.1 Å². The maximum atomic E-state index is 11.0. The molecule has 0 atom stereocenters. The molecule has 0 aliphatic carbocycles. The van der Waals surface area contributed by atoms with Crippen molar-refractivity contribution in [2.24, 2.45) is 5.14 Å². The summed E-state index contributed by atoms with van der Waals surface area (Å²) in [6.45, 7) is 3.34. The Morgan fingerprint density at radius 3 is 2.53 bits per heavy atom. The van der Waals surface area contributed by atoms with Gasteiger partial charge in [0, 0.05) is 32.2 Å². The van der Waals surface area contributed by atoms with E-state index in [1.54, 1.807) is 6.07 Å². The van der Waals surface area contributed by atoms with Gasteiger partial charge in [0.15, 0.2) is 5.88 Å². The number of nitrogens with one attached hydrogen (secondary N) is 1. The third-order valence-electron chi connectivity index (χ3n) is 2.28. The van der Waals surface area contributed by atoms with Gasteiger partial charge in [-0.1, -0.05) is 0 Å². The van der Waals surface area contributed by atoms with E-state index >= 15 is 0 Å². The molecule has 2 rings (SSSR count). The van der Waals surface area contributed by atoms with Gasteiger partial charge in [0.05, 0.1) is 0 Å². The lowest BCUT2D eigenvalue weighted by atomic mass is 10.4. The highest BCUT2D eigenvalue weighted by Crippen LogP contribution is 2.21. The predicted molar refractivity (Wildman–Crippen MR) is 55.2 cm³/mol. The van der Waals surface area contributed by atoms with Crippen LogP contribution in [0.15, 0.2) is 21.6 Å². The normalized spacial score (nSPS) is 18.1. The summed E-state index contributed by atoms with van der Waals surface area (Å²) < 4.78 is 27.1. The van der Waals surface area contributed by atoms with Crippen molar-refractivity contribution in [1.29, 1.82) is 0 Å². The van der Waals surface area contributed by atoms with Crippen LogP contribution in [0.3, 0.4) is 0 Å². The number of rotatable bonds is 2. The number of furan rings is 1. The summed E-state index contributed by atoms with van der Waals surface area (Å²) in [7, 11) is -3.73. The molecule has 1 fully saturated rings. The number of sulfonamides is 1. The fourth-order valence-corrected chi connectivity index (χ4v) is 1.98. The molecule has 0 aromatic carbocycles. The van der Waals surface area contributed by atoms with E-state index in [-0.39, 0.29) is 5.09 Å². The summed E-state index contributed by atoms with van der Waals surface area (Å²) in [5.74, 6) is 0.556. The lowest BCUT2D eigenvalue weighted by Gasteiger charge is -2.26. The number of nitrogens with zero attached hydrogens (tertiary/aromatic N) is 1. The van der Waals surface area contributed by atoms with E-state index in [0.717, 1.165) is 26.2 Å². The highest BCUT2D eigenvalue weighted by Gasteiger charge is 2.18. The zero-order chi connectivity index (χ0) is 10.9. The number of primary sulfonamides is 1. The summed E-state index contributed by atoms with van der Waals surface area (Å²) in [6.07, 6.45) is 0. The molecule has 2 heterocycles. The molecule has 7 heteroatoms. The van der Waals surface area contributed by atoms with Gasteiger partial charge in [0.1, 0.15) is 0 Å². The predicted octanol–water partition coefficient (Wildman–Crippen LogP) is -0.663. The minimum Gasteiger partial charge on any atom is -0.428 e. The number of hydrogen-bond donors (Lipinski definition) is 2. The lowest BCUT2D eigenvalue weighted by Crippen LogP contribution is -2.43. The fourth-order valence-electron chi connectivity index (χ4n) is 1.52. The van der Waals surface area contributed by atoms with Crippen LogP contribution < -0.4 is 15.4 Å². The molecule has 0 spiro atoms. The molecule has 1 saturated heterocycles. The van der Waals surface area contributed by atoms with Crippen molar-refractivity contribution >= 4 is 15.9 Å². The van der Waals surface area contributed by atoms with Crippen LogP contribution in [0.2, 0.25) is 0 Å². The molecule has 0 bridgehead atoms. The first-order valence-electron chi connectivity index (χ1n) is 4.66. The number of piperazine rings is 1. The average molecular weight is 231 g/mol. The summed E-state index contributed by atoms with van der Waals surface area (Å²) >= 11 is 0. The van der Waals surface area contributed by atoms with Crippen molar-refractivity contribution in [3.05, 3.63) is 12.1 Å². The van der Waals surface area contributed by atoms with Crippen LogP contribution in [0.5, 0.6) is 0 Å². The standard InChI is InChI=1S/C8H13N3O3S/c9-15(12,13)8-2-1-7(14-8)11-5-3-10-4-6-11/h1-2,10H,3-6H2,(H2,9,12,13). The van der Waals surface area contributed by atoms with Gasteiger partial charge in [-0.3, -0.25) is 0 Å². The van der Waals surface area contributed by atoms with Crippen LogP contribution in [0.4, 0.5) is 5.88 Å². The minimum absolute atomic E-state index is 0.184. The Morgan fingerprint density at radius 1 is 1.33 bits per heavy atom. The van der Waals surface area contributed by atoms with E-state index in [1.807, 2.05) is 4.90 Å². The Bertz CT molecular complexity index is 434. The molecule has 0 unspecified atom stereocenters. The van der Waals surface area contributed by atoms with Crippen LogP contribution in [-0.4, -0.2) is 34.6 Å². The lowest BCUT2D eigenvalue weighted by molar-refractivity contribution is 0.434. The van der Waals surface area contributed by atoms with E-state index in [4.69, 9.17) is 9.56 Å². The van der Waals surface area contributed by atoms with Crippen molar-refractivity contribution in [3.8, 4) is 0 Å². The van der Waals surface area contributed by atoms with Gasteiger partial charge < -0.3 is 14.6 Å². The molecule has 1 aromatic heterocycles. The Hall–Kier alpha value is -1.05. The van der Waals surface area contributed by atoms with Crippen molar-refractivity contribution in [2.75, 3.05) is 31.1 Å². The van der Waals surface area contributed by atoms with Crippen LogP contribution in [0.25, 0.3) is 0 Å². The molecule has 0 amide bonds. The van der Waals surface area contributed by atoms with Crippen molar-refractivity contribution in [3.63, 3.8) is 0 Å². The molecule has 1 aliphatic heterocycles. The van der Waals surface area contributed by atoms with E-state index in [1.165, 1.54) is 6.07 Å². The third kappa shape index (κ3) is 2.31. The SMILES string of the molecule is NS(=O)(=O)c1ccc(N2CCNCC2)o1. The van der Waals surface area contributed by atoms with Gasteiger partial charge in [-0.25, -0.2) is 13.6 Å². The van der Waals surface area contributed by atoms with E-state index in [0.29, 0.717) is 5.88 Å². The average Bonchev–Trinajstić information content (AvgIpc) is 2.67. The smallest absolute Gasteiger partial charge is 0.271 e. The van der Waals surface area contributed by atoms with Gasteiger partial charge in [-0.05, 0) is 6.07 Å². The molecule has 6 nitrogen and oxygen atoms in total. The molecule has 15 heavy (non-hydrogen) atoms. The minimum atomic E-state index is -3.73. The summed E-state index contributed by atoms with van der Waals surface area (Å²) in [5, 5.41) is 7.96. The van der Waals surface area contributed by atoms with E-state index in [2.05, 4.69) is 5.32 Å². The van der Waals surface area contributed by atoms with Gasteiger partial charge in [0.2, 0.25) is 5.09 Å². The van der Waals surface area contributed by atoms with Crippen LogP contribution in [0, 0.1) is 0 Å². The molecule has 84 valence electrons. The third-order valence-corrected chi connectivity index (χ3v) is 3.06. The quantitative estimate of drug-likeness (QED) is 0.705. The topological polar surface area (TPSA) is 88.6 Å². The molecule has 3 N–H and O–H groups in total. The second-order valence-corrected chi connectivity index (χ2v) is 4.87. The second kappa shape index (κ2) is 3.84. The fraction of sp³-hybridized carbons (Fsp3) is 0.500. The van der Waals surface area contributed by atoms with E-state index in [9.17, 15) is 8.42 Å². The molecule has 1 aromatic rings. The second-order valence-electron chi connectivity index (χ2n) is 3.37. The first kappa shape index (κ1) is 10.5. The highest BCUT2D eigenvalue weighted by molar-refractivity contribution is 7.89. The Morgan fingerprint density at radius 2 is 2.00 bits per heavy atom. The Kier molecular flexibility index (Phi) is 2.68. The molecular formula is C8H13N3O3S. The largest absolute Gasteiger partial charge is 0.428 e. The van der Waals surface area contributed by atoms with Crippen molar-refractivity contribution in [2.45, 2.75) is 5.09 Å². The summed E-state index contributed by atoms with van der Waals surface area (Å²) in [5.41, 5.74) is 0. The van der Waals surface area contributed by atoms with Gasteiger partial charge in [-0.15, -0.1) is 0 Å². The summed E-state index contributed by atoms with van der Waals surface area (Å²) in [6, 6.07) is 3.01. The van der Waals surface area contributed by atoms with Gasteiger partial charge >= 0.3 is 0 Å². The number of hydrogen-bond acceptors (Lipinski definition) is 5. The molecule has 1 aliphatic rings. The van der Waals surface area contributed by atoms with Gasteiger partial charge in [0.25, 0.3) is 10.0 Å². The van der Waals surface area contributed by atoms with Crippen LogP contribution in [0.1, 0.15) is 0 Å². The molecule has 0 saturated carbocycles. The van der Waals surface area contributed by atoms with E-state index < -0.39 is 10.0 Å². The molecular weight excluding hydrogens is 218 g/mol. The van der Waals surface area contributed by atoms with Crippen LogP contribution >= 0.6 is 0 Å². The first-order valence-corrected chi connectivity index (χ1v) is 6.20. The van der Waals surface area contributed by atoms with Gasteiger partial charge in [-0.2, -0.15) is 0 Å². The Balaban J connectivity index is 2.19. The van der Waals surface area contributed by atoms with Crippen molar-refractivity contribution in [1.82, 2.24) is 5.32 Å². The number of nitrogens with two attached hydrogens (primary N) is 1. The maximum Gasteiger partial charge on any atom is 0.271 e. The van der Waals surface area contributed by atoms with Crippen LogP contribution in [-0.2, 0) is 10.0 Å². The zero-order valence-electron chi connectivity index (χ0n) is 8.14. The monoisotopic (exact) mass is 231 g/mol. The number of anilines is 1. The maximum absolute atomic E-state index is 11.0. The zero-order valence-corrected chi connectivity index (χ0v) is 8.96. The highest BCUT2D eigenvalue weighted by atomic mass is 32.2. The molecule has 0 radical (unpaired) electrons.